The number of rotatable bonds is 3. The largest absolute Gasteiger partial charge is 0.465 e. The predicted molar refractivity (Wildman–Crippen MR) is 43.6 cm³/mol. The molecule has 1 rings (SSSR count). The number of aliphatic imine (C=N–C) groups is 1. The summed E-state index contributed by atoms with van der Waals surface area (Å²) in [5, 5.41) is 0. The smallest absolute Gasteiger partial charge is 0.284 e. The van der Waals surface area contributed by atoms with Gasteiger partial charge in [-0.25, -0.2) is 0 Å². The van der Waals surface area contributed by atoms with Gasteiger partial charge >= 0.3 is 0 Å². The SMILES string of the molecule is CCOC1=C(C=NC)CCO1. The van der Waals surface area contributed by atoms with Gasteiger partial charge in [0.1, 0.15) is 0 Å². The van der Waals surface area contributed by atoms with Crippen molar-refractivity contribution >= 4 is 6.21 Å². The van der Waals surface area contributed by atoms with Gasteiger partial charge in [-0.3, -0.25) is 4.99 Å². The zero-order valence-corrected chi connectivity index (χ0v) is 6.96. The van der Waals surface area contributed by atoms with Gasteiger partial charge in [0.15, 0.2) is 0 Å². The van der Waals surface area contributed by atoms with Crippen molar-refractivity contribution < 1.29 is 9.47 Å². The standard InChI is InChI=1S/C8H13NO2/c1-3-10-8-7(6-9-2)4-5-11-8/h6H,3-5H2,1-2H3. The van der Waals surface area contributed by atoms with Gasteiger partial charge in [-0.05, 0) is 6.92 Å². The molecule has 0 amide bonds. The Labute approximate surface area is 66.7 Å². The van der Waals surface area contributed by atoms with Crippen LogP contribution in [0.3, 0.4) is 0 Å². The van der Waals surface area contributed by atoms with E-state index in [4.69, 9.17) is 9.47 Å². The topological polar surface area (TPSA) is 30.8 Å². The number of ether oxygens (including phenoxy) is 2. The van der Waals surface area contributed by atoms with E-state index in [0.717, 1.165) is 18.6 Å². The minimum absolute atomic E-state index is 0.649. The Morgan fingerprint density at radius 1 is 1.73 bits per heavy atom. The van der Waals surface area contributed by atoms with Crippen LogP contribution in [0.2, 0.25) is 0 Å². The molecule has 3 heteroatoms. The third-order valence-corrected chi connectivity index (χ3v) is 1.43. The van der Waals surface area contributed by atoms with Crippen LogP contribution in [-0.4, -0.2) is 26.5 Å². The molecule has 3 nitrogen and oxygen atoms in total. The van der Waals surface area contributed by atoms with Crippen molar-refractivity contribution in [2.24, 2.45) is 4.99 Å². The molecule has 0 bridgehead atoms. The van der Waals surface area contributed by atoms with E-state index in [1.165, 1.54) is 0 Å². The van der Waals surface area contributed by atoms with Crippen LogP contribution in [0.5, 0.6) is 0 Å². The van der Waals surface area contributed by atoms with Gasteiger partial charge < -0.3 is 9.47 Å². The Balaban J connectivity index is 2.61. The molecule has 0 aromatic carbocycles. The van der Waals surface area contributed by atoms with Gasteiger partial charge in [0.05, 0.1) is 18.8 Å². The van der Waals surface area contributed by atoms with E-state index in [9.17, 15) is 0 Å². The fraction of sp³-hybridized carbons (Fsp3) is 0.625. The van der Waals surface area contributed by atoms with Crippen molar-refractivity contribution in [2.45, 2.75) is 13.3 Å². The maximum atomic E-state index is 5.23. The zero-order valence-electron chi connectivity index (χ0n) is 6.96. The first-order valence-electron chi connectivity index (χ1n) is 3.79. The van der Waals surface area contributed by atoms with Gasteiger partial charge in [0, 0.05) is 19.7 Å². The van der Waals surface area contributed by atoms with E-state index < -0.39 is 0 Å². The summed E-state index contributed by atoms with van der Waals surface area (Å²) in [6, 6.07) is 0. The molecule has 0 radical (unpaired) electrons. The van der Waals surface area contributed by atoms with E-state index in [1.807, 2.05) is 6.92 Å². The summed E-state index contributed by atoms with van der Waals surface area (Å²) in [4.78, 5) is 3.91. The maximum absolute atomic E-state index is 5.23. The first-order chi connectivity index (χ1) is 5.38. The number of nitrogens with zero attached hydrogens (tertiary/aromatic N) is 1. The van der Waals surface area contributed by atoms with Crippen LogP contribution in [0, 0.1) is 0 Å². The third kappa shape index (κ3) is 1.97. The molecule has 11 heavy (non-hydrogen) atoms. The Hall–Kier alpha value is -0.990. The Bertz CT molecular complexity index is 185. The van der Waals surface area contributed by atoms with Gasteiger partial charge in [0.25, 0.3) is 5.95 Å². The van der Waals surface area contributed by atoms with Gasteiger partial charge in [-0.1, -0.05) is 0 Å². The fourth-order valence-corrected chi connectivity index (χ4v) is 0.987. The molecule has 0 N–H and O–H groups in total. The summed E-state index contributed by atoms with van der Waals surface area (Å²) < 4.78 is 10.5. The second-order valence-electron chi connectivity index (χ2n) is 2.23. The highest BCUT2D eigenvalue weighted by Gasteiger charge is 2.14. The number of hydrogen-bond donors (Lipinski definition) is 0. The van der Waals surface area contributed by atoms with Crippen molar-refractivity contribution in [3.63, 3.8) is 0 Å². The Morgan fingerprint density at radius 3 is 3.18 bits per heavy atom. The number of hydrogen-bond acceptors (Lipinski definition) is 3. The van der Waals surface area contributed by atoms with E-state index in [1.54, 1.807) is 13.3 Å². The van der Waals surface area contributed by atoms with Crippen molar-refractivity contribution in [2.75, 3.05) is 20.3 Å². The second-order valence-corrected chi connectivity index (χ2v) is 2.23. The lowest BCUT2D eigenvalue weighted by Crippen LogP contribution is -1.94. The summed E-state index contributed by atoms with van der Waals surface area (Å²) in [6.07, 6.45) is 2.70. The molecule has 1 aliphatic rings. The lowest BCUT2D eigenvalue weighted by Gasteiger charge is -2.03. The summed E-state index contributed by atoms with van der Waals surface area (Å²) >= 11 is 0. The predicted octanol–water partition coefficient (Wildman–Crippen LogP) is 1.36. The van der Waals surface area contributed by atoms with Gasteiger partial charge in [0.2, 0.25) is 0 Å². The molecule has 0 spiro atoms. The van der Waals surface area contributed by atoms with Crippen LogP contribution in [0.15, 0.2) is 16.5 Å². The van der Waals surface area contributed by atoms with Crippen molar-refractivity contribution in [1.82, 2.24) is 0 Å². The molecule has 0 aliphatic carbocycles. The van der Waals surface area contributed by atoms with Crippen LogP contribution < -0.4 is 0 Å². The molecule has 0 atom stereocenters. The molecule has 1 aliphatic heterocycles. The lowest BCUT2D eigenvalue weighted by molar-refractivity contribution is 0.0592. The van der Waals surface area contributed by atoms with E-state index in [0.29, 0.717) is 12.6 Å². The summed E-state index contributed by atoms with van der Waals surface area (Å²) in [7, 11) is 1.74. The minimum Gasteiger partial charge on any atom is -0.465 e. The highest BCUT2D eigenvalue weighted by Crippen LogP contribution is 2.17. The average molecular weight is 155 g/mol. The molecular formula is C8H13NO2. The summed E-state index contributed by atoms with van der Waals surface area (Å²) in [6.45, 7) is 3.31. The summed E-state index contributed by atoms with van der Waals surface area (Å²) in [5.41, 5.74) is 1.06. The first kappa shape index (κ1) is 8.11. The van der Waals surface area contributed by atoms with Crippen LogP contribution in [0.1, 0.15) is 13.3 Å². The van der Waals surface area contributed by atoms with E-state index in [-0.39, 0.29) is 0 Å². The molecule has 62 valence electrons. The Kier molecular flexibility index (Phi) is 2.95. The lowest BCUT2D eigenvalue weighted by atomic mass is 10.2. The molecule has 1 heterocycles. The van der Waals surface area contributed by atoms with Crippen LogP contribution in [0.25, 0.3) is 0 Å². The molecular weight excluding hydrogens is 142 g/mol. The summed E-state index contributed by atoms with van der Waals surface area (Å²) in [5.74, 6) is 0.651. The molecule has 0 aromatic heterocycles. The second kappa shape index (κ2) is 4.01. The molecule has 0 aromatic rings. The Morgan fingerprint density at radius 2 is 2.55 bits per heavy atom. The highest BCUT2D eigenvalue weighted by atomic mass is 16.7. The molecule has 0 saturated carbocycles. The average Bonchev–Trinajstić information content (AvgIpc) is 2.39. The van der Waals surface area contributed by atoms with Crippen molar-refractivity contribution in [1.29, 1.82) is 0 Å². The molecule has 0 unspecified atom stereocenters. The quantitative estimate of drug-likeness (QED) is 0.576. The van der Waals surface area contributed by atoms with Crippen molar-refractivity contribution in [3.05, 3.63) is 11.5 Å². The monoisotopic (exact) mass is 155 g/mol. The first-order valence-corrected chi connectivity index (χ1v) is 3.79. The maximum Gasteiger partial charge on any atom is 0.284 e. The molecule has 0 saturated heterocycles. The minimum atomic E-state index is 0.649. The van der Waals surface area contributed by atoms with Gasteiger partial charge in [-0.15, -0.1) is 0 Å². The fourth-order valence-electron chi connectivity index (χ4n) is 0.987. The normalized spacial score (nSPS) is 17.6. The van der Waals surface area contributed by atoms with E-state index in [2.05, 4.69) is 4.99 Å². The van der Waals surface area contributed by atoms with Crippen LogP contribution in [-0.2, 0) is 9.47 Å². The van der Waals surface area contributed by atoms with Crippen molar-refractivity contribution in [3.8, 4) is 0 Å². The van der Waals surface area contributed by atoms with E-state index >= 15 is 0 Å². The van der Waals surface area contributed by atoms with Gasteiger partial charge in [-0.2, -0.15) is 0 Å². The highest BCUT2D eigenvalue weighted by molar-refractivity contribution is 5.79. The zero-order chi connectivity index (χ0) is 8.10. The van der Waals surface area contributed by atoms with Crippen LogP contribution in [0.4, 0.5) is 0 Å². The third-order valence-electron chi connectivity index (χ3n) is 1.43. The van der Waals surface area contributed by atoms with Crippen LogP contribution >= 0.6 is 0 Å². The molecule has 0 fully saturated rings.